The first-order valence-electron chi connectivity index (χ1n) is 6.69. The number of rotatable bonds is 5. The number of aromatic nitrogens is 2. The number of aliphatic hydroxyl groups excluding tert-OH is 1. The minimum Gasteiger partial charge on any atom is -0.390 e. The second kappa shape index (κ2) is 5.63. The van der Waals surface area contributed by atoms with E-state index in [4.69, 9.17) is 0 Å². The van der Waals surface area contributed by atoms with Crippen LogP contribution in [0.15, 0.2) is 33.8 Å². The van der Waals surface area contributed by atoms with Gasteiger partial charge in [-0.1, -0.05) is 15.9 Å². The Kier molecular flexibility index (Phi) is 3.87. The molecule has 1 unspecified atom stereocenters. The highest BCUT2D eigenvalue weighted by molar-refractivity contribution is 9.10. The fourth-order valence-corrected chi connectivity index (χ4v) is 2.50. The highest BCUT2D eigenvalue weighted by atomic mass is 79.9. The van der Waals surface area contributed by atoms with Gasteiger partial charge in [-0.3, -0.25) is 9.36 Å². The van der Waals surface area contributed by atoms with Crippen LogP contribution < -0.4 is 10.9 Å². The van der Waals surface area contributed by atoms with Crippen molar-refractivity contribution < 1.29 is 5.11 Å². The zero-order valence-electron chi connectivity index (χ0n) is 10.9. The predicted octanol–water partition coefficient (Wildman–Crippen LogP) is 1.27. The monoisotopic (exact) mass is 337 g/mol. The molecule has 0 bridgehead atoms. The standard InChI is InChI=1S/C14H16BrN3O2/c15-9-1-4-13-12(5-9)14(20)18(8-17-13)7-11(19)6-16-10-2-3-10/h1,4-5,8,10-11,16,19H,2-3,6-7H2. The molecule has 0 saturated heterocycles. The lowest BCUT2D eigenvalue weighted by atomic mass is 10.2. The van der Waals surface area contributed by atoms with Crippen LogP contribution in [0.5, 0.6) is 0 Å². The molecule has 1 atom stereocenters. The highest BCUT2D eigenvalue weighted by Crippen LogP contribution is 2.18. The molecule has 1 aromatic heterocycles. The third-order valence-corrected chi connectivity index (χ3v) is 3.91. The summed E-state index contributed by atoms with van der Waals surface area (Å²) in [4.78, 5) is 16.6. The number of hydrogen-bond acceptors (Lipinski definition) is 4. The van der Waals surface area contributed by atoms with Crippen LogP contribution in [-0.4, -0.2) is 33.3 Å². The molecule has 1 fully saturated rings. The van der Waals surface area contributed by atoms with Gasteiger partial charge in [-0.25, -0.2) is 4.98 Å². The quantitative estimate of drug-likeness (QED) is 0.862. The van der Waals surface area contributed by atoms with E-state index in [9.17, 15) is 9.90 Å². The fraction of sp³-hybridized carbons (Fsp3) is 0.429. The third kappa shape index (κ3) is 3.08. The van der Waals surface area contributed by atoms with Crippen LogP contribution in [0.4, 0.5) is 0 Å². The molecule has 20 heavy (non-hydrogen) atoms. The van der Waals surface area contributed by atoms with Crippen molar-refractivity contribution in [2.45, 2.75) is 31.5 Å². The largest absolute Gasteiger partial charge is 0.390 e. The summed E-state index contributed by atoms with van der Waals surface area (Å²) < 4.78 is 2.31. The van der Waals surface area contributed by atoms with Gasteiger partial charge in [0.2, 0.25) is 0 Å². The van der Waals surface area contributed by atoms with Crippen molar-refractivity contribution in [1.29, 1.82) is 0 Å². The van der Waals surface area contributed by atoms with Gasteiger partial charge in [0.05, 0.1) is 29.9 Å². The van der Waals surface area contributed by atoms with E-state index in [1.807, 2.05) is 6.07 Å². The van der Waals surface area contributed by atoms with Gasteiger partial charge in [-0.05, 0) is 31.0 Å². The molecule has 1 aliphatic rings. The van der Waals surface area contributed by atoms with Crippen LogP contribution in [0.1, 0.15) is 12.8 Å². The minimum absolute atomic E-state index is 0.123. The van der Waals surface area contributed by atoms with E-state index >= 15 is 0 Å². The lowest BCUT2D eigenvalue weighted by Gasteiger charge is -2.13. The van der Waals surface area contributed by atoms with Crippen molar-refractivity contribution in [1.82, 2.24) is 14.9 Å². The van der Waals surface area contributed by atoms with Crippen molar-refractivity contribution in [2.75, 3.05) is 6.54 Å². The van der Waals surface area contributed by atoms with Crippen LogP contribution in [0.2, 0.25) is 0 Å². The Bertz CT molecular complexity index is 682. The molecular formula is C14H16BrN3O2. The zero-order chi connectivity index (χ0) is 14.1. The maximum Gasteiger partial charge on any atom is 0.261 e. The maximum absolute atomic E-state index is 12.3. The Labute approximate surface area is 124 Å². The van der Waals surface area contributed by atoms with E-state index < -0.39 is 6.10 Å². The number of aliphatic hydroxyl groups is 1. The summed E-state index contributed by atoms with van der Waals surface area (Å²) >= 11 is 3.35. The first-order valence-corrected chi connectivity index (χ1v) is 7.49. The summed E-state index contributed by atoms with van der Waals surface area (Å²) in [7, 11) is 0. The molecule has 6 heteroatoms. The highest BCUT2D eigenvalue weighted by Gasteiger charge is 2.21. The molecule has 2 aromatic rings. The molecule has 0 amide bonds. The third-order valence-electron chi connectivity index (χ3n) is 3.41. The second-order valence-electron chi connectivity index (χ2n) is 5.20. The van der Waals surface area contributed by atoms with Gasteiger partial charge in [0.15, 0.2) is 0 Å². The summed E-state index contributed by atoms with van der Waals surface area (Å²) in [5.74, 6) is 0. The minimum atomic E-state index is -0.584. The predicted molar refractivity (Wildman–Crippen MR) is 80.7 cm³/mol. The van der Waals surface area contributed by atoms with Crippen molar-refractivity contribution in [3.8, 4) is 0 Å². The first-order chi connectivity index (χ1) is 9.63. The van der Waals surface area contributed by atoms with Crippen LogP contribution in [0, 0.1) is 0 Å². The lowest BCUT2D eigenvalue weighted by molar-refractivity contribution is 0.149. The number of fused-ring (bicyclic) bond motifs is 1. The van der Waals surface area contributed by atoms with E-state index in [1.165, 1.54) is 23.7 Å². The van der Waals surface area contributed by atoms with Crippen LogP contribution in [0.25, 0.3) is 10.9 Å². The SMILES string of the molecule is O=c1c2cc(Br)ccc2ncn1CC(O)CNC1CC1. The zero-order valence-corrected chi connectivity index (χ0v) is 12.5. The fourth-order valence-electron chi connectivity index (χ4n) is 2.14. The smallest absolute Gasteiger partial charge is 0.261 e. The van der Waals surface area contributed by atoms with Crippen molar-refractivity contribution in [3.05, 3.63) is 39.4 Å². The molecule has 5 nitrogen and oxygen atoms in total. The number of halogens is 1. The van der Waals surface area contributed by atoms with Crippen molar-refractivity contribution in [2.24, 2.45) is 0 Å². The van der Waals surface area contributed by atoms with E-state index in [0.29, 0.717) is 23.5 Å². The number of hydrogen-bond donors (Lipinski definition) is 2. The molecule has 1 saturated carbocycles. The number of nitrogens with one attached hydrogen (secondary N) is 1. The number of nitrogens with zero attached hydrogens (tertiary/aromatic N) is 2. The summed E-state index contributed by atoms with van der Waals surface area (Å²) in [5.41, 5.74) is 0.543. The Morgan fingerprint density at radius 1 is 1.50 bits per heavy atom. The van der Waals surface area contributed by atoms with Crippen molar-refractivity contribution >= 4 is 26.8 Å². The molecule has 1 heterocycles. The van der Waals surface area contributed by atoms with Gasteiger partial charge >= 0.3 is 0 Å². The molecule has 2 N–H and O–H groups in total. The van der Waals surface area contributed by atoms with E-state index in [-0.39, 0.29) is 12.1 Å². The molecule has 1 aromatic carbocycles. The van der Waals surface area contributed by atoms with Gasteiger partial charge in [0.25, 0.3) is 5.56 Å². The van der Waals surface area contributed by atoms with Crippen LogP contribution in [0.3, 0.4) is 0 Å². The topological polar surface area (TPSA) is 67.2 Å². The van der Waals surface area contributed by atoms with E-state index in [1.54, 1.807) is 12.1 Å². The van der Waals surface area contributed by atoms with E-state index in [2.05, 4.69) is 26.2 Å². The van der Waals surface area contributed by atoms with Gasteiger partial charge in [-0.15, -0.1) is 0 Å². The van der Waals surface area contributed by atoms with Gasteiger partial charge in [-0.2, -0.15) is 0 Å². The average Bonchev–Trinajstić information content (AvgIpc) is 3.24. The summed E-state index contributed by atoms with van der Waals surface area (Å²) in [6, 6.07) is 5.96. The molecule has 1 aliphatic carbocycles. The van der Waals surface area contributed by atoms with E-state index in [0.717, 1.165) is 4.47 Å². The Morgan fingerprint density at radius 2 is 2.30 bits per heavy atom. The summed E-state index contributed by atoms with van der Waals surface area (Å²) in [6.07, 6.45) is 3.27. The Hall–Kier alpha value is -1.24. The van der Waals surface area contributed by atoms with Gasteiger partial charge in [0, 0.05) is 17.1 Å². The first kappa shape index (κ1) is 13.7. The molecule has 0 radical (unpaired) electrons. The van der Waals surface area contributed by atoms with Gasteiger partial charge < -0.3 is 10.4 Å². The summed E-state index contributed by atoms with van der Waals surface area (Å²) in [6.45, 7) is 0.766. The molecule has 106 valence electrons. The Morgan fingerprint density at radius 3 is 3.05 bits per heavy atom. The van der Waals surface area contributed by atoms with Crippen molar-refractivity contribution in [3.63, 3.8) is 0 Å². The molecule has 3 rings (SSSR count). The normalized spacial score (nSPS) is 16.5. The summed E-state index contributed by atoms with van der Waals surface area (Å²) in [5, 5.41) is 13.8. The number of benzene rings is 1. The van der Waals surface area contributed by atoms with Gasteiger partial charge in [0.1, 0.15) is 0 Å². The Balaban J connectivity index is 1.80. The molecular weight excluding hydrogens is 322 g/mol. The second-order valence-corrected chi connectivity index (χ2v) is 6.12. The molecule has 0 spiro atoms. The lowest BCUT2D eigenvalue weighted by Crippen LogP contribution is -2.34. The maximum atomic E-state index is 12.3. The van der Waals surface area contributed by atoms with Crippen LogP contribution >= 0.6 is 15.9 Å². The van der Waals surface area contributed by atoms with Crippen LogP contribution in [-0.2, 0) is 6.54 Å². The average molecular weight is 338 g/mol. The molecule has 0 aliphatic heterocycles.